The van der Waals surface area contributed by atoms with Crippen LogP contribution in [0.2, 0.25) is 0 Å². The second-order valence-electron chi connectivity index (χ2n) is 15.8. The highest BCUT2D eigenvalue weighted by atomic mass is 16.2. The third-order valence-corrected chi connectivity index (χ3v) is 9.78. The maximum Gasteiger partial charge on any atom is 0.0614 e. The smallest absolute Gasteiger partial charge is 0.0614 e. The van der Waals surface area contributed by atoms with E-state index in [1.165, 1.54) is 107 Å². The van der Waals surface area contributed by atoms with Crippen molar-refractivity contribution < 1.29 is 5.11 Å². The van der Waals surface area contributed by atoms with Gasteiger partial charge in [-0.1, -0.05) is 116 Å². The Morgan fingerprint density at radius 3 is 0.569 bits per heavy atom. The van der Waals surface area contributed by atoms with Crippen molar-refractivity contribution in [3.05, 3.63) is 116 Å². The molecule has 0 aromatic rings. The van der Waals surface area contributed by atoms with Crippen molar-refractivity contribution in [2.45, 2.75) is 192 Å². The van der Waals surface area contributed by atoms with Gasteiger partial charge in [-0.2, -0.15) is 0 Å². The fourth-order valence-electron chi connectivity index (χ4n) is 6.03. The lowest BCUT2D eigenvalue weighted by Crippen LogP contribution is -1.84. The van der Waals surface area contributed by atoms with E-state index in [4.69, 9.17) is 5.11 Å². The lowest BCUT2D eigenvalue weighted by molar-refractivity contribution is 0.341. The zero-order valence-electron chi connectivity index (χ0n) is 35.7. The van der Waals surface area contributed by atoms with Crippen molar-refractivity contribution in [1.82, 2.24) is 0 Å². The van der Waals surface area contributed by atoms with E-state index in [1.807, 2.05) is 6.08 Å². The minimum atomic E-state index is 0.150. The van der Waals surface area contributed by atoms with Gasteiger partial charge < -0.3 is 5.11 Å². The Hall–Kier alpha value is -2.64. The van der Waals surface area contributed by atoms with Gasteiger partial charge in [-0.05, 0) is 192 Å². The van der Waals surface area contributed by atoms with Gasteiger partial charge in [-0.3, -0.25) is 0 Å². The maximum absolute atomic E-state index is 8.98. The van der Waals surface area contributed by atoms with E-state index in [9.17, 15) is 0 Å². The molecule has 0 bridgehead atoms. The summed E-state index contributed by atoms with van der Waals surface area (Å²) in [4.78, 5) is 0. The van der Waals surface area contributed by atoms with Gasteiger partial charge in [0.15, 0.2) is 0 Å². The SMILES string of the molecule is CC(C)=CCC/C(C)=C\CC/C(C)=C\CC/C(C)=C\CC/C(C)=C\CC/C(C)=C\CC/C(C)=C\CC/C(C)=C\CC/C(C)=C\CC/C(C)=C\CO. The monoisotopic (exact) mass is 699 g/mol. The molecule has 0 saturated heterocycles. The molecule has 0 aromatic heterocycles. The molecule has 0 aliphatic carbocycles. The van der Waals surface area contributed by atoms with Gasteiger partial charge in [0.25, 0.3) is 0 Å². The van der Waals surface area contributed by atoms with Crippen LogP contribution in [0.25, 0.3) is 0 Å². The van der Waals surface area contributed by atoms with Crippen molar-refractivity contribution in [2.24, 2.45) is 0 Å². The van der Waals surface area contributed by atoms with E-state index in [0.29, 0.717) is 0 Å². The van der Waals surface area contributed by atoms with Crippen molar-refractivity contribution in [3.8, 4) is 0 Å². The molecule has 0 unspecified atom stereocenters. The van der Waals surface area contributed by atoms with E-state index in [-0.39, 0.29) is 6.61 Å². The topological polar surface area (TPSA) is 20.2 Å². The zero-order chi connectivity index (χ0) is 38.3. The Balaban J connectivity index is 4.24. The average Bonchev–Trinajstić information content (AvgIpc) is 3.04. The maximum atomic E-state index is 8.98. The summed E-state index contributed by atoms with van der Waals surface area (Å²) in [6.45, 7) is 24.9. The van der Waals surface area contributed by atoms with Crippen LogP contribution < -0.4 is 0 Å². The molecule has 0 spiro atoms. The third-order valence-electron chi connectivity index (χ3n) is 9.78. The van der Waals surface area contributed by atoms with Gasteiger partial charge in [0.2, 0.25) is 0 Å². The quantitative estimate of drug-likeness (QED) is 0.0807. The first kappa shape index (κ1) is 48.4. The number of hydrogen-bond donors (Lipinski definition) is 1. The molecule has 0 radical (unpaired) electrons. The van der Waals surface area contributed by atoms with Crippen molar-refractivity contribution >= 4 is 0 Å². The Morgan fingerprint density at radius 2 is 0.412 bits per heavy atom. The molecule has 0 aliphatic heterocycles. The standard InChI is InChI=1S/C50H82O/c1-41(2)21-12-22-42(3)23-13-24-43(4)25-14-26-44(5)27-15-28-45(6)29-16-30-46(7)31-17-32-47(8)33-18-34-48(9)35-19-36-49(10)37-20-38-50(11)39-40-51/h21,23,25,27,29,31,33,35,37,39,51H,12-20,22,24,26,28,30,32,34,36,38,40H2,1-11H3/b42-23-,43-25-,44-27-,45-29-,46-31-,47-33-,48-35-,49-37-,50-39-. The molecule has 0 fully saturated rings. The lowest BCUT2D eigenvalue weighted by atomic mass is 10.0. The van der Waals surface area contributed by atoms with Crippen LogP contribution in [-0.2, 0) is 0 Å². The van der Waals surface area contributed by atoms with Crippen LogP contribution >= 0.6 is 0 Å². The number of allylic oxidation sites excluding steroid dienone is 19. The summed E-state index contributed by atoms with van der Waals surface area (Å²) in [7, 11) is 0. The summed E-state index contributed by atoms with van der Waals surface area (Å²) in [5.74, 6) is 0. The summed E-state index contributed by atoms with van der Waals surface area (Å²) >= 11 is 0. The van der Waals surface area contributed by atoms with Gasteiger partial charge in [0, 0.05) is 0 Å². The van der Waals surface area contributed by atoms with E-state index >= 15 is 0 Å². The van der Waals surface area contributed by atoms with Crippen LogP contribution in [0.5, 0.6) is 0 Å². The van der Waals surface area contributed by atoms with Gasteiger partial charge in [-0.25, -0.2) is 0 Å². The number of aliphatic hydroxyl groups excluding tert-OH is 1. The van der Waals surface area contributed by atoms with Crippen LogP contribution in [0.3, 0.4) is 0 Å². The van der Waals surface area contributed by atoms with Crippen LogP contribution in [0.15, 0.2) is 116 Å². The summed E-state index contributed by atoms with van der Waals surface area (Å²) in [6.07, 6.45) is 44.5. The Bertz CT molecular complexity index is 1260. The predicted molar refractivity (Wildman–Crippen MR) is 233 cm³/mol. The predicted octanol–water partition coefficient (Wildman–Crippen LogP) is 16.5. The number of aliphatic hydroxyl groups is 1. The molecule has 0 aromatic carbocycles. The second kappa shape index (κ2) is 32.0. The summed E-state index contributed by atoms with van der Waals surface area (Å²) in [5, 5.41) is 8.98. The molecular weight excluding hydrogens is 617 g/mol. The number of hydrogen-bond acceptors (Lipinski definition) is 1. The highest BCUT2D eigenvalue weighted by Gasteiger charge is 1.98. The summed E-state index contributed by atoms with van der Waals surface area (Å²) in [5.41, 5.74) is 14.8. The Kier molecular flexibility index (Phi) is 30.4. The van der Waals surface area contributed by atoms with Gasteiger partial charge >= 0.3 is 0 Å². The fourth-order valence-corrected chi connectivity index (χ4v) is 6.03. The molecule has 1 heteroatoms. The highest BCUT2D eigenvalue weighted by molar-refractivity contribution is 5.11. The summed E-state index contributed by atoms with van der Waals surface area (Å²) in [6, 6.07) is 0. The lowest BCUT2D eigenvalue weighted by Gasteiger charge is -2.04. The average molecular weight is 699 g/mol. The van der Waals surface area contributed by atoms with E-state index in [2.05, 4.69) is 131 Å². The molecule has 0 heterocycles. The molecule has 0 aliphatic rings. The van der Waals surface area contributed by atoms with Gasteiger partial charge in [-0.15, -0.1) is 0 Å². The van der Waals surface area contributed by atoms with Crippen LogP contribution in [0, 0.1) is 0 Å². The van der Waals surface area contributed by atoms with Crippen LogP contribution in [0.1, 0.15) is 192 Å². The third kappa shape index (κ3) is 33.0. The van der Waals surface area contributed by atoms with Gasteiger partial charge in [0.05, 0.1) is 6.61 Å². The normalized spacial score (nSPS) is 14.9. The Morgan fingerprint density at radius 1 is 0.255 bits per heavy atom. The van der Waals surface area contributed by atoms with Crippen LogP contribution in [-0.4, -0.2) is 11.7 Å². The first-order chi connectivity index (χ1) is 24.3. The second-order valence-corrected chi connectivity index (χ2v) is 15.8. The minimum absolute atomic E-state index is 0.150. The van der Waals surface area contributed by atoms with Crippen molar-refractivity contribution in [2.75, 3.05) is 6.61 Å². The van der Waals surface area contributed by atoms with Crippen molar-refractivity contribution in [1.29, 1.82) is 0 Å². The number of rotatable bonds is 28. The van der Waals surface area contributed by atoms with E-state index < -0.39 is 0 Å². The first-order valence-electron chi connectivity index (χ1n) is 20.5. The van der Waals surface area contributed by atoms with E-state index in [0.717, 1.165) is 64.2 Å². The molecule has 51 heavy (non-hydrogen) atoms. The molecule has 1 N–H and O–H groups in total. The first-order valence-corrected chi connectivity index (χ1v) is 20.5. The zero-order valence-corrected chi connectivity index (χ0v) is 35.7. The minimum Gasteiger partial charge on any atom is -0.392 e. The molecule has 0 atom stereocenters. The van der Waals surface area contributed by atoms with Crippen molar-refractivity contribution in [3.63, 3.8) is 0 Å². The van der Waals surface area contributed by atoms with Gasteiger partial charge in [0.1, 0.15) is 0 Å². The largest absolute Gasteiger partial charge is 0.392 e. The fraction of sp³-hybridized carbons (Fsp3) is 0.600. The molecular formula is C50H82O. The molecule has 288 valence electrons. The molecule has 0 saturated carbocycles. The molecule has 0 amide bonds. The van der Waals surface area contributed by atoms with Crippen LogP contribution in [0.4, 0.5) is 0 Å². The highest BCUT2D eigenvalue weighted by Crippen LogP contribution is 2.18. The summed E-state index contributed by atoms with van der Waals surface area (Å²) < 4.78 is 0. The molecule has 0 rings (SSSR count). The van der Waals surface area contributed by atoms with E-state index in [1.54, 1.807) is 0 Å². The molecule has 1 nitrogen and oxygen atoms in total. The Labute approximate surface area is 319 Å².